The Morgan fingerprint density at radius 1 is 1.22 bits per heavy atom. The van der Waals surface area contributed by atoms with Crippen LogP contribution >= 0.6 is 15.9 Å². The zero-order valence-electron chi connectivity index (χ0n) is 19.6. The van der Waals surface area contributed by atoms with Crippen molar-refractivity contribution in [3.8, 4) is 0 Å². The third-order valence-electron chi connectivity index (χ3n) is 7.90. The monoisotopic (exact) mass is 504 g/mol. The molecule has 0 spiro atoms. The molecule has 1 aromatic rings. The number of benzene rings is 1. The molecule has 6 nitrogen and oxygen atoms in total. The smallest absolute Gasteiger partial charge is 0.404 e. The van der Waals surface area contributed by atoms with Crippen LogP contribution in [0.3, 0.4) is 0 Å². The lowest BCUT2D eigenvalue weighted by atomic mass is 9.43. The van der Waals surface area contributed by atoms with E-state index in [1.165, 1.54) is 6.42 Å². The molecular formula is C24H34BBrN2O4. The molecule has 8 heteroatoms. The summed E-state index contributed by atoms with van der Waals surface area (Å²) in [4.78, 5) is 25.2. The van der Waals surface area contributed by atoms with Crippen LogP contribution in [-0.2, 0) is 14.1 Å². The van der Waals surface area contributed by atoms with Gasteiger partial charge in [0, 0.05) is 4.47 Å². The standard InChI is InChI=1S/C24H34BBrN2O4/c1-14(2)10-20(28-21(29)13-27-22(30)16-8-6-7-9-17(16)26)25-31-19-12-15-11-18(23(15,3)4)24(19,5)32-25/h6-9,14-15,18-20H,10-13H2,1-5H3,(H,27,30)(H,28,29)/t15-,18?,19-,20+,24+/m1/s1. The third-order valence-corrected chi connectivity index (χ3v) is 8.59. The predicted octanol–water partition coefficient (Wildman–Crippen LogP) is 3.98. The molecule has 0 aromatic heterocycles. The van der Waals surface area contributed by atoms with E-state index in [1.807, 2.05) is 6.07 Å². The van der Waals surface area contributed by atoms with Crippen molar-refractivity contribution < 1.29 is 18.9 Å². The van der Waals surface area contributed by atoms with E-state index < -0.39 is 7.12 Å². The molecule has 3 saturated carbocycles. The fraction of sp³-hybridized carbons (Fsp3) is 0.667. The van der Waals surface area contributed by atoms with Gasteiger partial charge in [0.2, 0.25) is 5.91 Å². The summed E-state index contributed by atoms with van der Waals surface area (Å²) in [5.74, 6) is 0.727. The van der Waals surface area contributed by atoms with Gasteiger partial charge in [-0.05, 0) is 77.4 Å². The number of nitrogens with one attached hydrogen (secondary N) is 2. The third kappa shape index (κ3) is 4.26. The molecule has 5 rings (SSSR count). The van der Waals surface area contributed by atoms with E-state index in [9.17, 15) is 9.59 Å². The quantitative estimate of drug-likeness (QED) is 0.550. The van der Waals surface area contributed by atoms with Gasteiger partial charge < -0.3 is 19.9 Å². The van der Waals surface area contributed by atoms with Crippen LogP contribution in [0, 0.1) is 23.2 Å². The Labute approximate surface area is 199 Å². The van der Waals surface area contributed by atoms with Gasteiger partial charge >= 0.3 is 7.12 Å². The summed E-state index contributed by atoms with van der Waals surface area (Å²) in [5, 5.41) is 5.78. The van der Waals surface area contributed by atoms with Crippen molar-refractivity contribution >= 4 is 34.9 Å². The van der Waals surface area contributed by atoms with E-state index in [2.05, 4.69) is 61.2 Å². The van der Waals surface area contributed by atoms with Crippen LogP contribution in [0.25, 0.3) is 0 Å². The molecule has 1 saturated heterocycles. The molecule has 174 valence electrons. The Morgan fingerprint density at radius 3 is 2.59 bits per heavy atom. The summed E-state index contributed by atoms with van der Waals surface area (Å²) in [5.41, 5.74) is 0.465. The highest BCUT2D eigenvalue weighted by molar-refractivity contribution is 9.10. The summed E-state index contributed by atoms with van der Waals surface area (Å²) in [6, 6.07) is 7.15. The second-order valence-electron chi connectivity index (χ2n) is 10.8. The number of hydrogen-bond donors (Lipinski definition) is 2. The number of halogens is 1. The second-order valence-corrected chi connectivity index (χ2v) is 11.7. The Morgan fingerprint density at radius 2 is 1.94 bits per heavy atom. The molecule has 2 amide bonds. The average Bonchev–Trinajstić information content (AvgIpc) is 3.08. The zero-order valence-corrected chi connectivity index (χ0v) is 21.2. The molecule has 1 heterocycles. The highest BCUT2D eigenvalue weighted by Crippen LogP contribution is 2.65. The fourth-order valence-electron chi connectivity index (χ4n) is 5.98. The van der Waals surface area contributed by atoms with Crippen LogP contribution < -0.4 is 10.6 Å². The lowest BCUT2D eigenvalue weighted by molar-refractivity contribution is -0.199. The normalized spacial score (nSPS) is 31.0. The van der Waals surface area contributed by atoms with Crippen molar-refractivity contribution in [1.82, 2.24) is 10.6 Å². The zero-order chi connectivity index (χ0) is 23.3. The maximum atomic E-state index is 12.7. The predicted molar refractivity (Wildman–Crippen MR) is 128 cm³/mol. The molecule has 0 radical (unpaired) electrons. The minimum Gasteiger partial charge on any atom is -0.404 e. The number of hydrogen-bond acceptors (Lipinski definition) is 4. The van der Waals surface area contributed by atoms with Gasteiger partial charge in [-0.15, -0.1) is 0 Å². The van der Waals surface area contributed by atoms with Crippen LogP contribution in [0.4, 0.5) is 0 Å². The van der Waals surface area contributed by atoms with Gasteiger partial charge in [-0.2, -0.15) is 0 Å². The van der Waals surface area contributed by atoms with Crippen molar-refractivity contribution in [2.24, 2.45) is 23.2 Å². The van der Waals surface area contributed by atoms with Gasteiger partial charge in [-0.3, -0.25) is 9.59 Å². The van der Waals surface area contributed by atoms with Crippen LogP contribution in [-0.4, -0.2) is 43.1 Å². The maximum Gasteiger partial charge on any atom is 0.481 e. The molecular weight excluding hydrogens is 471 g/mol. The average molecular weight is 505 g/mol. The summed E-state index contributed by atoms with van der Waals surface area (Å²) in [6.07, 6.45) is 3.03. The van der Waals surface area contributed by atoms with Crippen molar-refractivity contribution in [2.45, 2.75) is 71.5 Å². The summed E-state index contributed by atoms with van der Waals surface area (Å²) in [7, 11) is -0.467. The Kier molecular flexibility index (Phi) is 6.51. The first-order chi connectivity index (χ1) is 15.0. The summed E-state index contributed by atoms with van der Waals surface area (Å²) < 4.78 is 13.7. The van der Waals surface area contributed by atoms with Gasteiger partial charge in [0.05, 0.1) is 29.8 Å². The summed E-state index contributed by atoms with van der Waals surface area (Å²) >= 11 is 3.37. The molecule has 4 fully saturated rings. The van der Waals surface area contributed by atoms with E-state index in [0.717, 1.165) is 12.8 Å². The molecule has 1 aromatic carbocycles. The second kappa shape index (κ2) is 8.77. The first-order valence-corrected chi connectivity index (χ1v) is 12.5. The van der Waals surface area contributed by atoms with Crippen molar-refractivity contribution in [2.75, 3.05) is 6.54 Å². The van der Waals surface area contributed by atoms with Gasteiger partial charge in [0.25, 0.3) is 5.91 Å². The van der Waals surface area contributed by atoms with Gasteiger partial charge in [0.1, 0.15) is 0 Å². The van der Waals surface area contributed by atoms with Crippen LogP contribution in [0.15, 0.2) is 28.7 Å². The van der Waals surface area contributed by atoms with Crippen molar-refractivity contribution in [1.29, 1.82) is 0 Å². The van der Waals surface area contributed by atoms with E-state index in [0.29, 0.717) is 27.8 Å². The number of carbonyl (C=O) groups excluding carboxylic acids is 2. The minimum atomic E-state index is -0.467. The van der Waals surface area contributed by atoms with E-state index in [4.69, 9.17) is 9.31 Å². The number of amides is 2. The molecule has 3 aliphatic carbocycles. The lowest BCUT2D eigenvalue weighted by Gasteiger charge is -2.64. The molecule has 1 aliphatic heterocycles. The number of carbonyl (C=O) groups is 2. The van der Waals surface area contributed by atoms with Crippen LogP contribution in [0.2, 0.25) is 0 Å². The Hall–Kier alpha value is -1.38. The van der Waals surface area contributed by atoms with E-state index in [1.54, 1.807) is 18.2 Å². The SMILES string of the molecule is CC(C)C[C@H](NC(=O)CNC(=O)c1ccccc1Br)B1O[C@@H]2C[C@H]3CC(C3(C)C)[C@]2(C)O1. The van der Waals surface area contributed by atoms with Crippen molar-refractivity contribution in [3.63, 3.8) is 0 Å². The highest BCUT2D eigenvalue weighted by Gasteiger charge is 2.68. The largest absolute Gasteiger partial charge is 0.481 e. The molecule has 5 atom stereocenters. The maximum absolute atomic E-state index is 12.7. The first-order valence-electron chi connectivity index (χ1n) is 11.7. The fourth-order valence-corrected chi connectivity index (χ4v) is 6.44. The Bertz CT molecular complexity index is 895. The highest BCUT2D eigenvalue weighted by atomic mass is 79.9. The van der Waals surface area contributed by atoms with E-state index >= 15 is 0 Å². The first kappa shape index (κ1) is 23.8. The minimum absolute atomic E-state index is 0.0750. The van der Waals surface area contributed by atoms with E-state index in [-0.39, 0.29) is 41.4 Å². The lowest BCUT2D eigenvalue weighted by Crippen LogP contribution is -2.65. The topological polar surface area (TPSA) is 76.7 Å². The summed E-state index contributed by atoms with van der Waals surface area (Å²) in [6.45, 7) is 11.0. The number of rotatable bonds is 7. The van der Waals surface area contributed by atoms with Gasteiger partial charge in [0.15, 0.2) is 0 Å². The Balaban J connectivity index is 1.38. The molecule has 32 heavy (non-hydrogen) atoms. The van der Waals surface area contributed by atoms with Crippen LogP contribution in [0.1, 0.15) is 64.2 Å². The van der Waals surface area contributed by atoms with Crippen molar-refractivity contribution in [3.05, 3.63) is 34.3 Å². The van der Waals surface area contributed by atoms with Crippen LogP contribution in [0.5, 0.6) is 0 Å². The molecule has 1 unspecified atom stereocenters. The molecule has 4 aliphatic rings. The van der Waals surface area contributed by atoms with Gasteiger partial charge in [-0.1, -0.05) is 39.8 Å². The van der Waals surface area contributed by atoms with Gasteiger partial charge in [-0.25, -0.2) is 0 Å². The molecule has 2 bridgehead atoms. The molecule has 2 N–H and O–H groups in total.